The van der Waals surface area contributed by atoms with Crippen LogP contribution in [0.15, 0.2) is 18.2 Å². The van der Waals surface area contributed by atoms with Crippen LogP contribution in [0.25, 0.3) is 10.9 Å². The van der Waals surface area contributed by atoms with Gasteiger partial charge in [-0.1, -0.05) is 12.1 Å². The Balaban J connectivity index is 1.52. The number of benzene rings is 1. The van der Waals surface area contributed by atoms with Gasteiger partial charge in [-0.25, -0.2) is 9.97 Å². The fourth-order valence-corrected chi connectivity index (χ4v) is 4.02. The van der Waals surface area contributed by atoms with Crippen LogP contribution in [0.3, 0.4) is 0 Å². The van der Waals surface area contributed by atoms with Gasteiger partial charge in [-0.05, 0) is 69.7 Å². The molecule has 5 nitrogen and oxygen atoms in total. The molecule has 144 valence electrons. The standard InChI is InChI=1S/C23H26N4O/c1-13-8-9-18-19(12-14(2)25-22(18)15(13)3)23(28)24-11-10-21-26-16(4)17-6-5-7-20(17)27-21/h8-9,12H,5-7,10-11H2,1-4H3,(H,24,28). The molecule has 1 aliphatic carbocycles. The summed E-state index contributed by atoms with van der Waals surface area (Å²) in [5.41, 5.74) is 8.33. The number of fused-ring (bicyclic) bond motifs is 2. The topological polar surface area (TPSA) is 67.8 Å². The monoisotopic (exact) mass is 374 g/mol. The van der Waals surface area contributed by atoms with Crippen molar-refractivity contribution in [3.05, 3.63) is 63.4 Å². The van der Waals surface area contributed by atoms with E-state index in [-0.39, 0.29) is 5.91 Å². The highest BCUT2D eigenvalue weighted by atomic mass is 16.1. The average molecular weight is 374 g/mol. The summed E-state index contributed by atoms with van der Waals surface area (Å²) in [6.45, 7) is 8.63. The Labute approximate surface area is 165 Å². The highest BCUT2D eigenvalue weighted by molar-refractivity contribution is 6.07. The maximum atomic E-state index is 12.9. The van der Waals surface area contributed by atoms with E-state index in [4.69, 9.17) is 4.98 Å². The van der Waals surface area contributed by atoms with E-state index in [0.29, 0.717) is 18.5 Å². The van der Waals surface area contributed by atoms with E-state index >= 15 is 0 Å². The summed E-state index contributed by atoms with van der Waals surface area (Å²) in [5, 5.41) is 3.94. The van der Waals surface area contributed by atoms with Crippen molar-refractivity contribution < 1.29 is 4.79 Å². The minimum absolute atomic E-state index is 0.0726. The molecule has 0 saturated carbocycles. The molecule has 0 saturated heterocycles. The predicted octanol–water partition coefficient (Wildman–Crippen LogP) is 3.72. The fraction of sp³-hybridized carbons (Fsp3) is 0.391. The number of hydrogen-bond donors (Lipinski definition) is 1. The summed E-state index contributed by atoms with van der Waals surface area (Å²) in [7, 11) is 0. The minimum atomic E-state index is -0.0726. The molecule has 0 atom stereocenters. The number of carbonyl (C=O) groups excluding carboxylic acids is 1. The van der Waals surface area contributed by atoms with E-state index in [1.54, 1.807) is 0 Å². The van der Waals surface area contributed by atoms with Gasteiger partial charge in [0.1, 0.15) is 5.82 Å². The third-order valence-electron chi connectivity index (χ3n) is 5.70. The van der Waals surface area contributed by atoms with Crippen molar-refractivity contribution in [2.45, 2.75) is 53.4 Å². The molecule has 0 spiro atoms. The van der Waals surface area contributed by atoms with Crippen LogP contribution >= 0.6 is 0 Å². The molecule has 0 bridgehead atoms. The zero-order valence-corrected chi connectivity index (χ0v) is 17.0. The highest BCUT2D eigenvalue weighted by Gasteiger charge is 2.17. The molecule has 2 heterocycles. The minimum Gasteiger partial charge on any atom is -0.352 e. The van der Waals surface area contributed by atoms with Crippen LogP contribution in [0.5, 0.6) is 0 Å². The van der Waals surface area contributed by atoms with Crippen LogP contribution in [0, 0.1) is 27.7 Å². The van der Waals surface area contributed by atoms with Gasteiger partial charge in [0.25, 0.3) is 5.91 Å². The van der Waals surface area contributed by atoms with Gasteiger partial charge < -0.3 is 5.32 Å². The van der Waals surface area contributed by atoms with Crippen molar-refractivity contribution in [2.24, 2.45) is 0 Å². The van der Waals surface area contributed by atoms with Gasteiger partial charge in [-0.3, -0.25) is 9.78 Å². The highest BCUT2D eigenvalue weighted by Crippen LogP contribution is 2.24. The van der Waals surface area contributed by atoms with E-state index in [9.17, 15) is 4.79 Å². The first-order valence-corrected chi connectivity index (χ1v) is 9.95. The first-order chi connectivity index (χ1) is 13.4. The lowest BCUT2D eigenvalue weighted by molar-refractivity contribution is 0.0955. The fourth-order valence-electron chi connectivity index (χ4n) is 4.02. The summed E-state index contributed by atoms with van der Waals surface area (Å²) in [6.07, 6.45) is 3.93. The maximum absolute atomic E-state index is 12.9. The molecule has 5 heteroatoms. The van der Waals surface area contributed by atoms with Crippen molar-refractivity contribution in [1.29, 1.82) is 0 Å². The molecular weight excluding hydrogens is 348 g/mol. The summed E-state index contributed by atoms with van der Waals surface area (Å²) in [6, 6.07) is 5.90. The van der Waals surface area contributed by atoms with Crippen LogP contribution in [-0.4, -0.2) is 27.4 Å². The molecular formula is C23H26N4O. The third-order valence-corrected chi connectivity index (χ3v) is 5.70. The van der Waals surface area contributed by atoms with Gasteiger partial charge in [0.2, 0.25) is 0 Å². The summed E-state index contributed by atoms with van der Waals surface area (Å²) >= 11 is 0. The molecule has 1 N–H and O–H groups in total. The van der Waals surface area contributed by atoms with Crippen molar-refractivity contribution in [1.82, 2.24) is 20.3 Å². The van der Waals surface area contributed by atoms with Crippen molar-refractivity contribution in [3.63, 3.8) is 0 Å². The number of nitrogens with one attached hydrogen (secondary N) is 1. The lowest BCUT2D eigenvalue weighted by Gasteiger charge is -2.12. The smallest absolute Gasteiger partial charge is 0.252 e. The Bertz CT molecular complexity index is 1090. The Morgan fingerprint density at radius 2 is 1.89 bits per heavy atom. The number of carbonyl (C=O) groups is 1. The molecule has 0 fully saturated rings. The van der Waals surface area contributed by atoms with Crippen LogP contribution in [0.4, 0.5) is 0 Å². The maximum Gasteiger partial charge on any atom is 0.252 e. The molecule has 0 aliphatic heterocycles. The van der Waals surface area contributed by atoms with Crippen molar-refractivity contribution in [2.75, 3.05) is 6.54 Å². The second-order valence-electron chi connectivity index (χ2n) is 7.72. The Morgan fingerprint density at radius 3 is 2.71 bits per heavy atom. The van der Waals surface area contributed by atoms with Gasteiger partial charge in [0.05, 0.1) is 11.1 Å². The molecule has 3 aromatic rings. The molecule has 1 aliphatic rings. The van der Waals surface area contributed by atoms with Gasteiger partial charge in [-0.15, -0.1) is 0 Å². The van der Waals surface area contributed by atoms with Gasteiger partial charge in [0.15, 0.2) is 0 Å². The molecule has 0 radical (unpaired) electrons. The Morgan fingerprint density at radius 1 is 1.07 bits per heavy atom. The molecule has 2 aromatic heterocycles. The molecule has 0 unspecified atom stereocenters. The summed E-state index contributed by atoms with van der Waals surface area (Å²) in [5.74, 6) is 0.748. The summed E-state index contributed by atoms with van der Waals surface area (Å²) < 4.78 is 0. The first kappa shape index (κ1) is 18.5. The normalized spacial score (nSPS) is 13.0. The van der Waals surface area contributed by atoms with E-state index < -0.39 is 0 Å². The molecule has 1 aromatic carbocycles. The molecule has 1 amide bonds. The SMILES string of the molecule is Cc1cc(C(=O)NCCc2nc(C)c3c(n2)CCC3)c2ccc(C)c(C)c2n1. The Hall–Kier alpha value is -2.82. The van der Waals surface area contributed by atoms with Gasteiger partial charge >= 0.3 is 0 Å². The van der Waals surface area contributed by atoms with Gasteiger partial charge in [-0.2, -0.15) is 0 Å². The molecule has 4 rings (SSSR count). The number of nitrogens with zero attached hydrogens (tertiary/aromatic N) is 3. The van der Waals surface area contributed by atoms with E-state index in [2.05, 4.69) is 36.1 Å². The number of pyridine rings is 1. The van der Waals surface area contributed by atoms with Crippen molar-refractivity contribution >= 4 is 16.8 Å². The number of aromatic nitrogens is 3. The number of aryl methyl sites for hydroxylation is 5. The number of amides is 1. The largest absolute Gasteiger partial charge is 0.352 e. The van der Waals surface area contributed by atoms with Crippen LogP contribution in [0.1, 0.15) is 56.4 Å². The first-order valence-electron chi connectivity index (χ1n) is 9.95. The quantitative estimate of drug-likeness (QED) is 0.756. The zero-order valence-electron chi connectivity index (χ0n) is 17.0. The number of hydrogen-bond acceptors (Lipinski definition) is 4. The number of rotatable bonds is 4. The van der Waals surface area contributed by atoms with Gasteiger partial charge in [0, 0.05) is 35.4 Å². The molecule has 28 heavy (non-hydrogen) atoms. The Kier molecular flexibility index (Phi) is 4.84. The summed E-state index contributed by atoms with van der Waals surface area (Å²) in [4.78, 5) is 26.8. The average Bonchev–Trinajstić information content (AvgIpc) is 3.13. The van der Waals surface area contributed by atoms with Crippen LogP contribution in [-0.2, 0) is 19.3 Å². The lowest BCUT2D eigenvalue weighted by Crippen LogP contribution is -2.27. The van der Waals surface area contributed by atoms with Crippen LogP contribution < -0.4 is 5.32 Å². The third kappa shape index (κ3) is 3.37. The van der Waals surface area contributed by atoms with Crippen LogP contribution in [0.2, 0.25) is 0 Å². The van der Waals surface area contributed by atoms with E-state index in [0.717, 1.165) is 46.5 Å². The van der Waals surface area contributed by atoms with E-state index in [1.807, 2.05) is 25.1 Å². The van der Waals surface area contributed by atoms with Crippen molar-refractivity contribution in [3.8, 4) is 0 Å². The second-order valence-corrected chi connectivity index (χ2v) is 7.72. The lowest BCUT2D eigenvalue weighted by atomic mass is 10.0. The van der Waals surface area contributed by atoms with E-state index in [1.165, 1.54) is 23.2 Å². The second kappa shape index (κ2) is 7.30. The zero-order chi connectivity index (χ0) is 19.8. The predicted molar refractivity (Wildman–Crippen MR) is 111 cm³/mol.